The van der Waals surface area contributed by atoms with Crippen molar-refractivity contribution in [2.75, 3.05) is 19.8 Å². The number of carboxylic acids is 1. The Morgan fingerprint density at radius 3 is 2.70 bits per heavy atom. The lowest BCUT2D eigenvalue weighted by Crippen LogP contribution is -2.10. The summed E-state index contributed by atoms with van der Waals surface area (Å²) < 4.78 is 10.9. The topological polar surface area (TPSA) is 55.8 Å². The van der Waals surface area contributed by atoms with Gasteiger partial charge in [0.05, 0.1) is 13.2 Å². The highest BCUT2D eigenvalue weighted by atomic mass is 32.1. The highest BCUT2D eigenvalue weighted by Crippen LogP contribution is 2.17. The molecular formula is C15H16O4S. The van der Waals surface area contributed by atoms with Gasteiger partial charge in [-0.2, -0.15) is 0 Å². The molecule has 1 heterocycles. The minimum absolute atomic E-state index is 0.172. The summed E-state index contributed by atoms with van der Waals surface area (Å²) in [6, 6.07) is 10.7. The summed E-state index contributed by atoms with van der Waals surface area (Å²) in [5.41, 5.74) is 0.172. The maximum atomic E-state index is 11.0. The molecule has 0 unspecified atom stereocenters. The first-order valence-corrected chi connectivity index (χ1v) is 7.20. The third-order valence-electron chi connectivity index (χ3n) is 2.68. The van der Waals surface area contributed by atoms with Gasteiger partial charge in [0.1, 0.15) is 17.9 Å². The van der Waals surface area contributed by atoms with E-state index in [1.54, 1.807) is 29.5 Å². The van der Waals surface area contributed by atoms with Gasteiger partial charge >= 0.3 is 5.97 Å². The van der Waals surface area contributed by atoms with Crippen molar-refractivity contribution in [3.05, 3.63) is 52.2 Å². The summed E-state index contributed by atoms with van der Waals surface area (Å²) in [6.45, 7) is 1.43. The Morgan fingerprint density at radius 1 is 1.10 bits per heavy atom. The van der Waals surface area contributed by atoms with Crippen molar-refractivity contribution in [3.8, 4) is 5.75 Å². The lowest BCUT2D eigenvalue weighted by Gasteiger charge is -2.09. The van der Waals surface area contributed by atoms with Crippen LogP contribution in [0.25, 0.3) is 0 Å². The molecule has 0 aliphatic heterocycles. The van der Waals surface area contributed by atoms with Gasteiger partial charge in [0.2, 0.25) is 0 Å². The van der Waals surface area contributed by atoms with Gasteiger partial charge in [-0.05, 0) is 23.6 Å². The molecule has 0 spiro atoms. The molecule has 20 heavy (non-hydrogen) atoms. The normalized spacial score (nSPS) is 10.4. The molecule has 2 aromatic rings. The molecule has 0 atom stereocenters. The van der Waals surface area contributed by atoms with E-state index >= 15 is 0 Å². The third kappa shape index (κ3) is 4.36. The zero-order chi connectivity index (χ0) is 14.2. The Bertz CT molecular complexity index is 537. The van der Waals surface area contributed by atoms with Gasteiger partial charge in [-0.3, -0.25) is 0 Å². The Hall–Kier alpha value is -1.85. The van der Waals surface area contributed by atoms with Crippen molar-refractivity contribution in [1.82, 2.24) is 0 Å². The number of thiophene rings is 1. The van der Waals surface area contributed by atoms with E-state index in [4.69, 9.17) is 14.6 Å². The van der Waals surface area contributed by atoms with E-state index in [1.807, 2.05) is 11.4 Å². The van der Waals surface area contributed by atoms with Crippen LogP contribution in [0.1, 0.15) is 15.2 Å². The first-order chi connectivity index (χ1) is 9.77. The molecule has 5 heteroatoms. The molecule has 0 radical (unpaired) electrons. The van der Waals surface area contributed by atoms with E-state index in [9.17, 15) is 4.79 Å². The monoisotopic (exact) mass is 292 g/mol. The van der Waals surface area contributed by atoms with E-state index in [1.165, 1.54) is 10.9 Å². The van der Waals surface area contributed by atoms with Gasteiger partial charge in [0.15, 0.2) is 0 Å². The Morgan fingerprint density at radius 2 is 1.95 bits per heavy atom. The Labute approximate surface area is 121 Å². The quantitative estimate of drug-likeness (QED) is 0.760. The van der Waals surface area contributed by atoms with E-state index < -0.39 is 5.97 Å². The largest absolute Gasteiger partial charge is 0.490 e. The molecule has 1 N–H and O–H groups in total. The highest BCUT2D eigenvalue weighted by Gasteiger charge is 2.09. The first-order valence-electron chi connectivity index (χ1n) is 6.32. The average molecular weight is 292 g/mol. The second-order valence-electron chi connectivity index (χ2n) is 4.09. The lowest BCUT2D eigenvalue weighted by atomic mass is 10.2. The maximum Gasteiger partial charge on any atom is 0.339 e. The van der Waals surface area contributed by atoms with Crippen molar-refractivity contribution in [2.45, 2.75) is 6.42 Å². The zero-order valence-electron chi connectivity index (χ0n) is 11.0. The second-order valence-corrected chi connectivity index (χ2v) is 5.12. The fourth-order valence-corrected chi connectivity index (χ4v) is 2.40. The number of carboxylic acid groups (broad SMARTS) is 1. The molecule has 0 saturated heterocycles. The van der Waals surface area contributed by atoms with Crippen LogP contribution in [0.15, 0.2) is 41.8 Å². The summed E-state index contributed by atoms with van der Waals surface area (Å²) in [5, 5.41) is 11.0. The summed E-state index contributed by atoms with van der Waals surface area (Å²) in [7, 11) is 0. The summed E-state index contributed by atoms with van der Waals surface area (Å²) in [4.78, 5) is 12.3. The van der Waals surface area contributed by atoms with Crippen molar-refractivity contribution < 1.29 is 19.4 Å². The standard InChI is InChI=1S/C15H16O4S/c16-15(17)13-5-1-2-6-14(13)19-10-9-18-8-7-12-4-3-11-20-12/h1-6,11H,7-10H2,(H,16,17). The lowest BCUT2D eigenvalue weighted by molar-refractivity contribution is 0.0686. The molecule has 0 aliphatic rings. The van der Waals surface area contributed by atoms with Gasteiger partial charge in [0.25, 0.3) is 0 Å². The smallest absolute Gasteiger partial charge is 0.339 e. The van der Waals surface area contributed by atoms with Crippen LogP contribution in [-0.4, -0.2) is 30.9 Å². The number of rotatable bonds is 8. The minimum atomic E-state index is -0.987. The van der Waals surface area contributed by atoms with E-state index in [-0.39, 0.29) is 5.56 Å². The van der Waals surface area contributed by atoms with Crippen molar-refractivity contribution in [2.24, 2.45) is 0 Å². The van der Waals surface area contributed by atoms with E-state index in [2.05, 4.69) is 6.07 Å². The summed E-state index contributed by atoms with van der Waals surface area (Å²) >= 11 is 1.71. The number of benzene rings is 1. The third-order valence-corrected chi connectivity index (χ3v) is 3.61. The van der Waals surface area contributed by atoms with Crippen molar-refractivity contribution >= 4 is 17.3 Å². The molecule has 0 fully saturated rings. The molecule has 0 amide bonds. The number of ether oxygens (including phenoxy) is 2. The molecular weight excluding hydrogens is 276 g/mol. The van der Waals surface area contributed by atoms with Gasteiger partial charge in [-0.25, -0.2) is 4.79 Å². The van der Waals surface area contributed by atoms with Crippen LogP contribution in [-0.2, 0) is 11.2 Å². The fraction of sp³-hybridized carbons (Fsp3) is 0.267. The summed E-state index contributed by atoms with van der Waals surface area (Å²) in [6.07, 6.45) is 0.892. The number of hydrogen-bond acceptors (Lipinski definition) is 4. The summed E-state index contributed by atoms with van der Waals surface area (Å²) in [5.74, 6) is -0.610. The van der Waals surface area contributed by atoms with Crippen LogP contribution in [0.5, 0.6) is 5.75 Å². The predicted octanol–water partition coefficient (Wildman–Crippen LogP) is 3.08. The highest BCUT2D eigenvalue weighted by molar-refractivity contribution is 7.09. The Kier molecular flexibility index (Phi) is 5.58. The van der Waals surface area contributed by atoms with Gasteiger partial charge in [-0.15, -0.1) is 11.3 Å². The molecule has 1 aromatic carbocycles. The van der Waals surface area contributed by atoms with Crippen LogP contribution in [0.2, 0.25) is 0 Å². The van der Waals surface area contributed by atoms with Crippen molar-refractivity contribution in [1.29, 1.82) is 0 Å². The molecule has 4 nitrogen and oxygen atoms in total. The molecule has 2 rings (SSSR count). The number of aromatic carboxylic acids is 1. The van der Waals surface area contributed by atoms with E-state index in [0.717, 1.165) is 6.42 Å². The SMILES string of the molecule is O=C(O)c1ccccc1OCCOCCc1cccs1. The second kappa shape index (κ2) is 7.67. The zero-order valence-corrected chi connectivity index (χ0v) is 11.8. The maximum absolute atomic E-state index is 11.0. The number of carbonyl (C=O) groups is 1. The van der Waals surface area contributed by atoms with E-state index in [0.29, 0.717) is 25.6 Å². The molecule has 0 saturated carbocycles. The van der Waals surface area contributed by atoms with Crippen LogP contribution in [0, 0.1) is 0 Å². The predicted molar refractivity (Wildman–Crippen MR) is 77.7 cm³/mol. The Balaban J connectivity index is 1.67. The van der Waals surface area contributed by atoms with Gasteiger partial charge < -0.3 is 14.6 Å². The molecule has 0 aliphatic carbocycles. The first kappa shape index (κ1) is 14.6. The number of hydrogen-bond donors (Lipinski definition) is 1. The van der Waals surface area contributed by atoms with Gasteiger partial charge in [0, 0.05) is 11.3 Å². The number of para-hydroxylation sites is 1. The molecule has 1 aromatic heterocycles. The average Bonchev–Trinajstić information content (AvgIpc) is 2.96. The minimum Gasteiger partial charge on any atom is -0.490 e. The molecule has 0 bridgehead atoms. The van der Waals surface area contributed by atoms with Crippen molar-refractivity contribution in [3.63, 3.8) is 0 Å². The van der Waals surface area contributed by atoms with Crippen LogP contribution < -0.4 is 4.74 Å². The van der Waals surface area contributed by atoms with Crippen LogP contribution in [0.4, 0.5) is 0 Å². The van der Waals surface area contributed by atoms with Crippen LogP contribution >= 0.6 is 11.3 Å². The fourth-order valence-electron chi connectivity index (χ4n) is 1.71. The molecule has 106 valence electrons. The van der Waals surface area contributed by atoms with Crippen LogP contribution in [0.3, 0.4) is 0 Å². The van der Waals surface area contributed by atoms with Gasteiger partial charge in [-0.1, -0.05) is 18.2 Å².